The van der Waals surface area contributed by atoms with E-state index in [9.17, 15) is 12.8 Å². The first-order valence-electron chi connectivity index (χ1n) is 9.42. The van der Waals surface area contributed by atoms with Gasteiger partial charge in [-0.25, -0.2) is 17.5 Å². The molecule has 0 unspecified atom stereocenters. The van der Waals surface area contributed by atoms with Gasteiger partial charge >= 0.3 is 0 Å². The van der Waals surface area contributed by atoms with Crippen molar-refractivity contribution in [1.29, 1.82) is 0 Å². The maximum atomic E-state index is 13.7. The van der Waals surface area contributed by atoms with Crippen LogP contribution in [0.25, 0.3) is 16.9 Å². The maximum Gasteiger partial charge on any atom is 0.217 e. The van der Waals surface area contributed by atoms with Crippen molar-refractivity contribution in [3.63, 3.8) is 0 Å². The summed E-state index contributed by atoms with van der Waals surface area (Å²) in [4.78, 5) is 0. The average molecular weight is 450 g/mol. The Balaban J connectivity index is 1.90. The number of sulfonamides is 1. The van der Waals surface area contributed by atoms with Crippen LogP contribution in [-0.2, 0) is 23.1 Å². The van der Waals surface area contributed by atoms with Crippen LogP contribution in [0.4, 0.5) is 4.39 Å². The van der Waals surface area contributed by atoms with Crippen LogP contribution in [0.2, 0.25) is 5.02 Å². The third-order valence-electron chi connectivity index (χ3n) is 5.17. The Morgan fingerprint density at radius 2 is 1.83 bits per heavy atom. The number of hydrogen-bond acceptors (Lipinski definition) is 4. The Morgan fingerprint density at radius 3 is 2.47 bits per heavy atom. The van der Waals surface area contributed by atoms with Crippen molar-refractivity contribution in [2.75, 3.05) is 7.11 Å². The van der Waals surface area contributed by atoms with Gasteiger partial charge < -0.3 is 4.74 Å². The molecule has 30 heavy (non-hydrogen) atoms. The molecule has 1 aliphatic rings. The highest BCUT2D eigenvalue weighted by Gasteiger charge is 2.36. The summed E-state index contributed by atoms with van der Waals surface area (Å²) in [5.74, 6) is -0.0874. The zero-order valence-corrected chi connectivity index (χ0v) is 18.3. The quantitative estimate of drug-likeness (QED) is 0.579. The molecule has 0 radical (unpaired) electrons. The fraction of sp³-hybridized carbons (Fsp3) is 0.286. The van der Waals surface area contributed by atoms with E-state index >= 15 is 0 Å². The lowest BCUT2D eigenvalue weighted by atomic mass is 10.1. The molecule has 9 heteroatoms. The first-order valence-corrected chi connectivity index (χ1v) is 11.3. The molecule has 3 aromatic rings. The van der Waals surface area contributed by atoms with E-state index in [-0.39, 0.29) is 13.1 Å². The Morgan fingerprint density at radius 1 is 1.13 bits per heavy atom. The minimum atomic E-state index is -3.43. The van der Waals surface area contributed by atoms with Crippen LogP contribution < -0.4 is 4.74 Å². The van der Waals surface area contributed by atoms with Gasteiger partial charge in [0.25, 0.3) is 0 Å². The van der Waals surface area contributed by atoms with Gasteiger partial charge in [0, 0.05) is 28.8 Å². The van der Waals surface area contributed by atoms with Crippen molar-refractivity contribution in [1.82, 2.24) is 14.1 Å². The van der Waals surface area contributed by atoms with Crippen molar-refractivity contribution in [3.05, 3.63) is 64.6 Å². The van der Waals surface area contributed by atoms with E-state index in [1.165, 1.54) is 23.5 Å². The van der Waals surface area contributed by atoms with Crippen LogP contribution in [0.15, 0.2) is 42.5 Å². The van der Waals surface area contributed by atoms with Crippen molar-refractivity contribution >= 4 is 21.6 Å². The molecule has 0 saturated carbocycles. The molecular weight excluding hydrogens is 429 g/mol. The molecule has 2 aromatic carbocycles. The molecule has 0 fully saturated rings. The highest BCUT2D eigenvalue weighted by Crippen LogP contribution is 2.38. The molecule has 0 spiro atoms. The van der Waals surface area contributed by atoms with E-state index in [0.29, 0.717) is 22.2 Å². The number of ether oxygens (including phenoxy) is 1. The molecule has 4 rings (SSSR count). The molecule has 2 heterocycles. The van der Waals surface area contributed by atoms with Crippen LogP contribution in [0.1, 0.15) is 25.1 Å². The number of fused-ring (bicyclic) bond motifs is 1. The Kier molecular flexibility index (Phi) is 5.34. The SMILES string of the molecule is COc1cc(F)ccc1-n1nc2c(c1-c1ccc(Cl)cc1)CN(S(=O)(=O)C(C)C)C2. The Hall–Kier alpha value is -2.42. The van der Waals surface area contributed by atoms with Gasteiger partial charge in [-0.2, -0.15) is 9.40 Å². The second-order valence-corrected chi connectivity index (χ2v) is 10.3. The Labute approximate surface area is 179 Å². The van der Waals surface area contributed by atoms with Crippen LogP contribution in [0.5, 0.6) is 5.75 Å². The van der Waals surface area contributed by atoms with Crippen LogP contribution in [-0.4, -0.2) is 34.9 Å². The predicted molar refractivity (Wildman–Crippen MR) is 114 cm³/mol. The van der Waals surface area contributed by atoms with Crippen molar-refractivity contribution in [2.45, 2.75) is 32.2 Å². The summed E-state index contributed by atoms with van der Waals surface area (Å²) in [6, 6.07) is 11.5. The normalized spacial score (nSPS) is 14.3. The molecule has 0 bridgehead atoms. The van der Waals surface area contributed by atoms with Gasteiger partial charge in [0.1, 0.15) is 17.3 Å². The van der Waals surface area contributed by atoms with Gasteiger partial charge in [-0.05, 0) is 38.1 Å². The lowest BCUT2D eigenvalue weighted by molar-refractivity contribution is 0.406. The fourth-order valence-electron chi connectivity index (χ4n) is 3.57. The molecule has 0 aliphatic carbocycles. The Bertz CT molecular complexity index is 1210. The van der Waals surface area contributed by atoms with Gasteiger partial charge in [0.15, 0.2) is 0 Å². The number of benzene rings is 2. The standard InChI is InChI=1S/C21H21ClFN3O3S/c1-13(2)30(27,28)25-11-17-18(12-25)24-26(19-9-8-16(23)10-20(19)29-3)21(17)14-4-6-15(22)7-5-14/h4-10,13H,11-12H2,1-3H3. The minimum Gasteiger partial charge on any atom is -0.494 e. The van der Waals surface area contributed by atoms with E-state index in [0.717, 1.165) is 16.8 Å². The highest BCUT2D eigenvalue weighted by atomic mass is 35.5. The van der Waals surface area contributed by atoms with Crippen LogP contribution in [0, 0.1) is 5.82 Å². The first-order chi connectivity index (χ1) is 14.2. The zero-order valence-electron chi connectivity index (χ0n) is 16.8. The molecule has 0 atom stereocenters. The van der Waals surface area contributed by atoms with E-state index < -0.39 is 21.1 Å². The molecular formula is C21H21ClFN3O3S. The third-order valence-corrected chi connectivity index (χ3v) is 7.59. The summed E-state index contributed by atoms with van der Waals surface area (Å²) < 4.78 is 47.6. The second kappa shape index (κ2) is 7.68. The number of hydrogen-bond donors (Lipinski definition) is 0. The predicted octanol–water partition coefficient (Wildman–Crippen LogP) is 4.39. The van der Waals surface area contributed by atoms with Crippen LogP contribution in [0.3, 0.4) is 0 Å². The molecule has 158 valence electrons. The molecule has 1 aliphatic heterocycles. The number of aromatic nitrogens is 2. The summed E-state index contributed by atoms with van der Waals surface area (Å²) in [5.41, 5.74) is 3.59. The molecule has 0 saturated heterocycles. The molecule has 0 amide bonds. The smallest absolute Gasteiger partial charge is 0.217 e. The van der Waals surface area contributed by atoms with E-state index in [1.807, 2.05) is 12.1 Å². The van der Waals surface area contributed by atoms with Crippen LogP contribution >= 0.6 is 11.6 Å². The number of methoxy groups -OCH3 is 1. The third kappa shape index (κ3) is 3.49. The molecule has 0 N–H and O–H groups in total. The highest BCUT2D eigenvalue weighted by molar-refractivity contribution is 7.89. The largest absolute Gasteiger partial charge is 0.494 e. The summed E-state index contributed by atoms with van der Waals surface area (Å²) in [7, 11) is -1.96. The monoisotopic (exact) mass is 449 g/mol. The number of rotatable bonds is 5. The summed E-state index contributed by atoms with van der Waals surface area (Å²) in [6.45, 7) is 3.73. The second-order valence-electron chi connectivity index (χ2n) is 7.37. The zero-order chi connectivity index (χ0) is 21.6. The minimum absolute atomic E-state index is 0.187. The van der Waals surface area contributed by atoms with Crippen molar-refractivity contribution in [2.24, 2.45) is 0 Å². The molecule has 6 nitrogen and oxygen atoms in total. The number of nitrogens with zero attached hydrogens (tertiary/aromatic N) is 3. The lowest BCUT2D eigenvalue weighted by Crippen LogP contribution is -2.32. The average Bonchev–Trinajstić information content (AvgIpc) is 3.27. The van der Waals surface area contributed by atoms with Crippen molar-refractivity contribution < 1.29 is 17.5 Å². The maximum absolute atomic E-state index is 13.7. The number of halogens is 2. The fourth-order valence-corrected chi connectivity index (χ4v) is 4.90. The van der Waals surface area contributed by atoms with E-state index in [4.69, 9.17) is 21.4 Å². The lowest BCUT2D eigenvalue weighted by Gasteiger charge is -2.20. The van der Waals surface area contributed by atoms with Gasteiger partial charge in [-0.1, -0.05) is 23.7 Å². The first kappa shape index (κ1) is 20.8. The van der Waals surface area contributed by atoms with Gasteiger partial charge in [0.2, 0.25) is 10.0 Å². The van der Waals surface area contributed by atoms with Crippen molar-refractivity contribution in [3.8, 4) is 22.7 Å². The van der Waals surface area contributed by atoms with Gasteiger partial charge in [0.05, 0.1) is 30.3 Å². The summed E-state index contributed by atoms with van der Waals surface area (Å²) in [5, 5.41) is 4.76. The van der Waals surface area contributed by atoms with E-state index in [2.05, 4.69) is 0 Å². The van der Waals surface area contributed by atoms with Gasteiger partial charge in [-0.3, -0.25) is 0 Å². The summed E-state index contributed by atoms with van der Waals surface area (Å²) >= 11 is 6.06. The molecule has 1 aromatic heterocycles. The van der Waals surface area contributed by atoms with Gasteiger partial charge in [-0.15, -0.1) is 0 Å². The summed E-state index contributed by atoms with van der Waals surface area (Å²) in [6.07, 6.45) is 0. The van der Waals surface area contributed by atoms with E-state index in [1.54, 1.807) is 36.7 Å². The topological polar surface area (TPSA) is 64.4 Å².